The molecule has 0 unspecified atom stereocenters. The zero-order valence-electron chi connectivity index (χ0n) is 13.9. The zero-order valence-corrected chi connectivity index (χ0v) is 14.7. The van der Waals surface area contributed by atoms with E-state index >= 15 is 0 Å². The molecule has 0 aromatic heterocycles. The van der Waals surface area contributed by atoms with Gasteiger partial charge in [0.15, 0.2) is 0 Å². The fourth-order valence-electron chi connectivity index (χ4n) is 3.61. The second-order valence-electron chi connectivity index (χ2n) is 6.72. The number of benzene rings is 1. The first-order chi connectivity index (χ1) is 11.8. The van der Waals surface area contributed by atoms with Crippen molar-refractivity contribution in [2.45, 2.75) is 43.9 Å². The molecule has 4 nitrogen and oxygen atoms in total. The van der Waals surface area contributed by atoms with E-state index in [0.29, 0.717) is 11.7 Å². The highest BCUT2D eigenvalue weighted by Crippen LogP contribution is 2.39. The summed E-state index contributed by atoms with van der Waals surface area (Å²) in [6.45, 7) is 3.58. The molecule has 0 spiro atoms. The fraction of sp³-hybridized carbons (Fsp3) is 0.647. The van der Waals surface area contributed by atoms with E-state index < -0.39 is 11.7 Å². The van der Waals surface area contributed by atoms with E-state index in [2.05, 4.69) is 10.2 Å². The lowest BCUT2D eigenvalue weighted by molar-refractivity contribution is -0.137. The van der Waals surface area contributed by atoms with Crippen LogP contribution in [0.25, 0.3) is 0 Å². The SMILES string of the molecule is Nc1cc(C(F)(F)F)c(Cl)cc1NC1CCN(C2CCOCC2)CC1. The first kappa shape index (κ1) is 18.6. The maximum absolute atomic E-state index is 12.9. The second-order valence-corrected chi connectivity index (χ2v) is 7.12. The molecule has 25 heavy (non-hydrogen) atoms. The Morgan fingerprint density at radius 3 is 2.36 bits per heavy atom. The molecule has 0 bridgehead atoms. The maximum Gasteiger partial charge on any atom is 0.417 e. The van der Waals surface area contributed by atoms with Gasteiger partial charge in [-0.15, -0.1) is 0 Å². The monoisotopic (exact) mass is 377 g/mol. The van der Waals surface area contributed by atoms with Crippen LogP contribution in [-0.2, 0) is 10.9 Å². The smallest absolute Gasteiger partial charge is 0.397 e. The molecule has 8 heteroatoms. The standard InChI is InChI=1S/C17H23ClF3N3O/c18-14-10-16(15(22)9-13(14)17(19,20)21)23-11-1-5-24(6-2-11)12-3-7-25-8-4-12/h9-12,23H,1-8,22H2. The first-order valence-corrected chi connectivity index (χ1v) is 8.97. The molecule has 3 rings (SSSR count). The minimum atomic E-state index is -4.50. The van der Waals surface area contributed by atoms with E-state index in [-0.39, 0.29) is 16.8 Å². The summed E-state index contributed by atoms with van der Waals surface area (Å²) in [5, 5.41) is 2.93. The molecule has 2 fully saturated rings. The van der Waals surface area contributed by atoms with Crippen LogP contribution < -0.4 is 11.1 Å². The second kappa shape index (κ2) is 7.60. The molecule has 0 atom stereocenters. The van der Waals surface area contributed by atoms with Gasteiger partial charge in [-0.3, -0.25) is 0 Å². The third kappa shape index (κ3) is 4.51. The van der Waals surface area contributed by atoms with E-state index in [0.717, 1.165) is 58.1 Å². The Morgan fingerprint density at radius 1 is 1.12 bits per heavy atom. The lowest BCUT2D eigenvalue weighted by Crippen LogP contribution is -2.46. The molecular formula is C17H23ClF3N3O. The third-order valence-corrected chi connectivity index (χ3v) is 5.35. The summed E-state index contributed by atoms with van der Waals surface area (Å²) in [7, 11) is 0. The number of anilines is 2. The molecule has 0 amide bonds. The Bertz CT molecular complexity index is 598. The molecule has 0 aliphatic carbocycles. The molecule has 3 N–H and O–H groups in total. The van der Waals surface area contributed by atoms with Gasteiger partial charge in [-0.05, 0) is 37.8 Å². The number of nitrogen functional groups attached to an aromatic ring is 1. The van der Waals surface area contributed by atoms with Crippen molar-refractivity contribution in [2.75, 3.05) is 37.4 Å². The van der Waals surface area contributed by atoms with Crippen LogP contribution in [0.2, 0.25) is 5.02 Å². The molecule has 2 saturated heterocycles. The van der Waals surface area contributed by atoms with Crippen LogP contribution in [0.4, 0.5) is 24.5 Å². The highest BCUT2D eigenvalue weighted by atomic mass is 35.5. The Kier molecular flexibility index (Phi) is 5.65. The number of alkyl halides is 3. The molecular weight excluding hydrogens is 355 g/mol. The van der Waals surface area contributed by atoms with Crippen molar-refractivity contribution in [3.05, 3.63) is 22.7 Å². The van der Waals surface area contributed by atoms with Crippen LogP contribution >= 0.6 is 11.6 Å². The fourth-order valence-corrected chi connectivity index (χ4v) is 3.88. The molecule has 1 aromatic carbocycles. The van der Waals surface area contributed by atoms with E-state index in [1.165, 1.54) is 6.07 Å². The average Bonchev–Trinajstić information content (AvgIpc) is 2.58. The number of hydrogen-bond donors (Lipinski definition) is 2. The van der Waals surface area contributed by atoms with Crippen molar-refractivity contribution >= 4 is 23.0 Å². The Hall–Kier alpha value is -1.18. The number of likely N-dealkylation sites (tertiary alicyclic amines) is 1. The van der Waals surface area contributed by atoms with Gasteiger partial charge in [0.25, 0.3) is 0 Å². The molecule has 2 heterocycles. The van der Waals surface area contributed by atoms with E-state index in [1.807, 2.05) is 0 Å². The summed E-state index contributed by atoms with van der Waals surface area (Å²) in [5.74, 6) is 0. The van der Waals surface area contributed by atoms with Crippen LogP contribution in [-0.4, -0.2) is 43.3 Å². The molecule has 0 radical (unpaired) electrons. The van der Waals surface area contributed by atoms with Gasteiger partial charge in [0, 0.05) is 38.4 Å². The number of nitrogens with one attached hydrogen (secondary N) is 1. The molecule has 0 saturated carbocycles. The summed E-state index contributed by atoms with van der Waals surface area (Å²) in [6.07, 6.45) is -0.511. The minimum Gasteiger partial charge on any atom is -0.397 e. The topological polar surface area (TPSA) is 50.5 Å². The lowest BCUT2D eigenvalue weighted by atomic mass is 9.99. The Labute approximate surface area is 150 Å². The normalized spacial score (nSPS) is 21.4. The molecule has 140 valence electrons. The zero-order chi connectivity index (χ0) is 18.0. The predicted molar refractivity (Wildman–Crippen MR) is 92.9 cm³/mol. The van der Waals surface area contributed by atoms with Gasteiger partial charge >= 0.3 is 6.18 Å². The number of hydrogen-bond acceptors (Lipinski definition) is 4. The van der Waals surface area contributed by atoms with Crippen molar-refractivity contribution in [1.29, 1.82) is 0 Å². The largest absolute Gasteiger partial charge is 0.417 e. The predicted octanol–water partition coefficient (Wildman–Crippen LogP) is 4.00. The number of rotatable bonds is 3. The van der Waals surface area contributed by atoms with Crippen LogP contribution in [0.1, 0.15) is 31.2 Å². The van der Waals surface area contributed by atoms with E-state index in [4.69, 9.17) is 22.1 Å². The van der Waals surface area contributed by atoms with Gasteiger partial charge in [-0.1, -0.05) is 11.6 Å². The van der Waals surface area contributed by atoms with E-state index in [1.54, 1.807) is 0 Å². The van der Waals surface area contributed by atoms with Gasteiger partial charge in [0.1, 0.15) is 0 Å². The maximum atomic E-state index is 12.9. The van der Waals surface area contributed by atoms with Crippen LogP contribution in [0.15, 0.2) is 12.1 Å². The number of nitrogens with two attached hydrogens (primary N) is 1. The molecule has 2 aliphatic rings. The van der Waals surface area contributed by atoms with Gasteiger partial charge < -0.3 is 20.7 Å². The van der Waals surface area contributed by atoms with Gasteiger partial charge in [0.2, 0.25) is 0 Å². The number of piperidine rings is 1. The van der Waals surface area contributed by atoms with Gasteiger partial charge in [-0.25, -0.2) is 0 Å². The third-order valence-electron chi connectivity index (χ3n) is 5.04. The van der Waals surface area contributed by atoms with Crippen LogP contribution in [0.3, 0.4) is 0 Å². The number of nitrogens with zero attached hydrogens (tertiary/aromatic N) is 1. The van der Waals surface area contributed by atoms with Crippen molar-refractivity contribution in [1.82, 2.24) is 4.90 Å². The van der Waals surface area contributed by atoms with Crippen molar-refractivity contribution in [3.8, 4) is 0 Å². The highest BCUT2D eigenvalue weighted by molar-refractivity contribution is 6.32. The van der Waals surface area contributed by atoms with E-state index in [9.17, 15) is 13.2 Å². The first-order valence-electron chi connectivity index (χ1n) is 8.59. The summed E-state index contributed by atoms with van der Waals surface area (Å²) < 4.78 is 44.0. The van der Waals surface area contributed by atoms with Crippen LogP contribution in [0.5, 0.6) is 0 Å². The van der Waals surface area contributed by atoms with Crippen molar-refractivity contribution < 1.29 is 17.9 Å². The highest BCUT2D eigenvalue weighted by Gasteiger charge is 2.34. The number of ether oxygens (including phenoxy) is 1. The molecule has 1 aromatic rings. The number of halogens is 4. The quantitative estimate of drug-likeness (QED) is 0.782. The summed E-state index contributed by atoms with van der Waals surface area (Å²) in [5.41, 5.74) is 5.45. The Morgan fingerprint density at radius 2 is 1.76 bits per heavy atom. The van der Waals surface area contributed by atoms with Crippen LogP contribution in [0, 0.1) is 0 Å². The minimum absolute atomic E-state index is 0.0728. The average molecular weight is 378 g/mol. The summed E-state index contributed by atoms with van der Waals surface area (Å²) in [6, 6.07) is 2.96. The van der Waals surface area contributed by atoms with Gasteiger partial charge in [0.05, 0.1) is 22.0 Å². The summed E-state index contributed by atoms with van der Waals surface area (Å²) >= 11 is 5.79. The summed E-state index contributed by atoms with van der Waals surface area (Å²) in [4.78, 5) is 2.49. The molecule has 2 aliphatic heterocycles. The van der Waals surface area contributed by atoms with Crippen molar-refractivity contribution in [2.24, 2.45) is 0 Å². The lowest BCUT2D eigenvalue weighted by Gasteiger charge is -2.39. The Balaban J connectivity index is 1.59. The van der Waals surface area contributed by atoms with Crippen molar-refractivity contribution in [3.63, 3.8) is 0 Å². The van der Waals surface area contributed by atoms with Gasteiger partial charge in [-0.2, -0.15) is 13.2 Å².